The van der Waals surface area contributed by atoms with Crippen LogP contribution in [0.15, 0.2) is 30.3 Å². The number of nitrogens with zero attached hydrogens (tertiary/aromatic N) is 2. The van der Waals surface area contributed by atoms with E-state index in [2.05, 4.69) is 11.8 Å². The van der Waals surface area contributed by atoms with Gasteiger partial charge in [0.15, 0.2) is 0 Å². The molecule has 0 N–H and O–H groups in total. The smallest absolute Gasteiger partial charge is 0.226 e. The Morgan fingerprint density at radius 1 is 1.04 bits per heavy atom. The summed E-state index contributed by atoms with van der Waals surface area (Å²) in [6, 6.07) is 10.1. The van der Waals surface area contributed by atoms with Gasteiger partial charge in [-0.2, -0.15) is 0 Å². The second-order valence-electron chi connectivity index (χ2n) is 7.81. The quantitative estimate of drug-likeness (QED) is 0.748. The Balaban J connectivity index is 1.52. The van der Waals surface area contributed by atoms with Crippen LogP contribution >= 0.6 is 0 Å². The predicted molar refractivity (Wildman–Crippen MR) is 108 cm³/mol. The zero-order chi connectivity index (χ0) is 19.3. The van der Waals surface area contributed by atoms with Crippen molar-refractivity contribution in [1.29, 1.82) is 0 Å². The van der Waals surface area contributed by atoms with Crippen molar-refractivity contribution in [2.45, 2.75) is 57.9 Å². The van der Waals surface area contributed by atoms with Gasteiger partial charge in [-0.15, -0.1) is 0 Å². The lowest BCUT2D eigenvalue weighted by molar-refractivity contribution is -0.140. The first kappa shape index (κ1) is 20.3. The number of carbonyl (C=O) groups is 1. The number of amides is 1. The Hall–Kier alpha value is -1.40. The van der Waals surface area contributed by atoms with Crippen LogP contribution in [-0.2, 0) is 21.2 Å². The third kappa shape index (κ3) is 5.11. The highest BCUT2D eigenvalue weighted by Crippen LogP contribution is 2.27. The van der Waals surface area contributed by atoms with Gasteiger partial charge in [0, 0.05) is 31.6 Å². The molecular formula is C21H32N2O3S. The summed E-state index contributed by atoms with van der Waals surface area (Å²) in [5, 5.41) is 0. The summed E-state index contributed by atoms with van der Waals surface area (Å²) in [7, 11) is -3.26. The maximum Gasteiger partial charge on any atom is 0.226 e. The summed E-state index contributed by atoms with van der Waals surface area (Å²) in [6.07, 6.45) is 6.25. The Kier molecular flexibility index (Phi) is 6.93. The molecule has 1 unspecified atom stereocenters. The van der Waals surface area contributed by atoms with E-state index in [0.29, 0.717) is 38.4 Å². The monoisotopic (exact) mass is 392 g/mol. The van der Waals surface area contributed by atoms with Crippen LogP contribution in [0.4, 0.5) is 0 Å². The highest BCUT2D eigenvalue weighted by Gasteiger charge is 2.35. The van der Waals surface area contributed by atoms with E-state index in [9.17, 15) is 13.2 Å². The SMILES string of the molecule is CCC1CCCCN1C(=O)C1CCN(S(=O)(=O)CCc2ccccc2)CC1. The summed E-state index contributed by atoms with van der Waals surface area (Å²) in [6.45, 7) is 3.96. The first-order valence-electron chi connectivity index (χ1n) is 10.3. The fourth-order valence-corrected chi connectivity index (χ4v) is 5.87. The molecule has 150 valence electrons. The molecule has 5 nitrogen and oxygen atoms in total. The van der Waals surface area contributed by atoms with Crippen molar-refractivity contribution in [2.75, 3.05) is 25.4 Å². The summed E-state index contributed by atoms with van der Waals surface area (Å²) in [5.41, 5.74) is 1.04. The van der Waals surface area contributed by atoms with Gasteiger partial charge in [-0.25, -0.2) is 12.7 Å². The Bertz CT molecular complexity index is 712. The zero-order valence-electron chi connectivity index (χ0n) is 16.3. The highest BCUT2D eigenvalue weighted by atomic mass is 32.2. The highest BCUT2D eigenvalue weighted by molar-refractivity contribution is 7.89. The number of piperidine rings is 2. The molecule has 1 aromatic carbocycles. The van der Waals surface area contributed by atoms with Gasteiger partial charge in [-0.1, -0.05) is 37.3 Å². The molecule has 0 spiro atoms. The molecule has 1 atom stereocenters. The molecule has 3 rings (SSSR count). The van der Waals surface area contributed by atoms with Crippen LogP contribution in [0.5, 0.6) is 0 Å². The lowest BCUT2D eigenvalue weighted by Gasteiger charge is -2.39. The molecular weight excluding hydrogens is 360 g/mol. The van der Waals surface area contributed by atoms with E-state index in [1.165, 1.54) is 6.42 Å². The van der Waals surface area contributed by atoms with E-state index in [4.69, 9.17) is 0 Å². The van der Waals surface area contributed by atoms with Crippen LogP contribution < -0.4 is 0 Å². The second-order valence-corrected chi connectivity index (χ2v) is 9.90. The largest absolute Gasteiger partial charge is 0.339 e. The van der Waals surface area contributed by atoms with Crippen LogP contribution in [0.1, 0.15) is 51.0 Å². The predicted octanol–water partition coefficient (Wildman–Crippen LogP) is 3.06. The molecule has 1 aromatic rings. The molecule has 6 heteroatoms. The van der Waals surface area contributed by atoms with Gasteiger partial charge in [0.05, 0.1) is 5.75 Å². The Morgan fingerprint density at radius 3 is 2.41 bits per heavy atom. The Labute approximate surface area is 163 Å². The fraction of sp³-hybridized carbons (Fsp3) is 0.667. The summed E-state index contributed by atoms with van der Waals surface area (Å²) >= 11 is 0. The third-order valence-electron chi connectivity index (χ3n) is 6.07. The van der Waals surface area contributed by atoms with Crippen LogP contribution in [-0.4, -0.2) is 55.0 Å². The molecule has 2 fully saturated rings. The maximum atomic E-state index is 12.9. The van der Waals surface area contributed by atoms with Crippen LogP contribution in [0.25, 0.3) is 0 Å². The molecule has 0 radical (unpaired) electrons. The molecule has 2 aliphatic heterocycles. The van der Waals surface area contributed by atoms with Crippen molar-refractivity contribution in [3.8, 4) is 0 Å². The van der Waals surface area contributed by atoms with Crippen molar-refractivity contribution in [3.63, 3.8) is 0 Å². The molecule has 27 heavy (non-hydrogen) atoms. The molecule has 0 aliphatic carbocycles. The average molecular weight is 393 g/mol. The minimum absolute atomic E-state index is 0.0160. The number of benzene rings is 1. The molecule has 0 saturated carbocycles. The van der Waals surface area contributed by atoms with Crippen LogP contribution in [0, 0.1) is 5.92 Å². The van der Waals surface area contributed by atoms with Crippen molar-refractivity contribution in [2.24, 2.45) is 5.92 Å². The second kappa shape index (κ2) is 9.20. The summed E-state index contributed by atoms with van der Waals surface area (Å²) in [4.78, 5) is 15.0. The molecule has 0 aromatic heterocycles. The van der Waals surface area contributed by atoms with Gasteiger partial charge in [0.2, 0.25) is 15.9 Å². The van der Waals surface area contributed by atoms with Gasteiger partial charge in [0.25, 0.3) is 0 Å². The van der Waals surface area contributed by atoms with Crippen LogP contribution in [0.2, 0.25) is 0 Å². The van der Waals surface area contributed by atoms with E-state index >= 15 is 0 Å². The average Bonchev–Trinajstić information content (AvgIpc) is 2.72. The number of likely N-dealkylation sites (tertiary alicyclic amines) is 1. The first-order valence-corrected chi connectivity index (χ1v) is 11.9. The van der Waals surface area contributed by atoms with Gasteiger partial charge < -0.3 is 4.90 Å². The number of carbonyl (C=O) groups excluding carboxylic acids is 1. The third-order valence-corrected chi connectivity index (χ3v) is 7.94. The number of hydrogen-bond acceptors (Lipinski definition) is 3. The molecule has 2 heterocycles. The van der Waals surface area contributed by atoms with Gasteiger partial charge in [-0.05, 0) is 50.5 Å². The van der Waals surface area contributed by atoms with Crippen LogP contribution in [0.3, 0.4) is 0 Å². The number of hydrogen-bond donors (Lipinski definition) is 0. The first-order chi connectivity index (χ1) is 13.0. The molecule has 1 amide bonds. The van der Waals surface area contributed by atoms with Gasteiger partial charge in [-0.3, -0.25) is 4.79 Å². The maximum absolute atomic E-state index is 12.9. The number of sulfonamides is 1. The number of aryl methyl sites for hydroxylation is 1. The topological polar surface area (TPSA) is 57.7 Å². The fourth-order valence-electron chi connectivity index (χ4n) is 4.35. The lowest BCUT2D eigenvalue weighted by atomic mass is 9.92. The molecule has 2 saturated heterocycles. The van der Waals surface area contributed by atoms with E-state index in [1.54, 1.807) is 4.31 Å². The Morgan fingerprint density at radius 2 is 1.74 bits per heavy atom. The zero-order valence-corrected chi connectivity index (χ0v) is 17.2. The van der Waals surface area contributed by atoms with E-state index in [1.807, 2.05) is 30.3 Å². The van der Waals surface area contributed by atoms with Gasteiger partial charge >= 0.3 is 0 Å². The standard InChI is InChI=1S/C21H32N2O3S/c1-2-20-10-6-7-14-23(20)21(24)19-11-15-22(16-12-19)27(25,26)17-13-18-8-4-3-5-9-18/h3-5,8-9,19-20H,2,6-7,10-17H2,1H3. The molecule has 0 bridgehead atoms. The van der Waals surface area contributed by atoms with Crippen molar-refractivity contribution in [1.82, 2.24) is 9.21 Å². The number of rotatable bonds is 6. The normalized spacial score (nSPS) is 22.7. The van der Waals surface area contributed by atoms with E-state index in [-0.39, 0.29) is 17.6 Å². The molecule has 2 aliphatic rings. The summed E-state index contributed by atoms with van der Waals surface area (Å²) in [5.74, 6) is 0.375. The van der Waals surface area contributed by atoms with Crippen molar-refractivity contribution < 1.29 is 13.2 Å². The van der Waals surface area contributed by atoms with Crippen molar-refractivity contribution in [3.05, 3.63) is 35.9 Å². The minimum atomic E-state index is -3.26. The van der Waals surface area contributed by atoms with E-state index < -0.39 is 10.0 Å². The summed E-state index contributed by atoms with van der Waals surface area (Å²) < 4.78 is 26.9. The van der Waals surface area contributed by atoms with Crippen molar-refractivity contribution >= 4 is 15.9 Å². The van der Waals surface area contributed by atoms with Gasteiger partial charge in [0.1, 0.15) is 0 Å². The van der Waals surface area contributed by atoms with E-state index in [0.717, 1.165) is 31.4 Å². The lowest BCUT2D eigenvalue weighted by Crippen LogP contribution is -2.49. The minimum Gasteiger partial charge on any atom is -0.339 e.